The summed E-state index contributed by atoms with van der Waals surface area (Å²) >= 11 is 1.96. The lowest BCUT2D eigenvalue weighted by atomic mass is 10.2. The van der Waals surface area contributed by atoms with Crippen LogP contribution in [0.1, 0.15) is 5.56 Å². The number of phenols is 1. The lowest BCUT2D eigenvalue weighted by molar-refractivity contribution is 0.249. The second-order valence-corrected chi connectivity index (χ2v) is 3.95. The number of hydrazone groups is 1. The smallest absolute Gasteiger partial charge is 0.332 e. The summed E-state index contributed by atoms with van der Waals surface area (Å²) in [5.74, 6) is 0.413. The number of carbonyl (C=O) groups is 1. The van der Waals surface area contributed by atoms with Gasteiger partial charge in [-0.3, -0.25) is 0 Å². The number of primary amides is 1. The van der Waals surface area contributed by atoms with E-state index >= 15 is 0 Å². The number of urea groups is 1. The van der Waals surface area contributed by atoms with Crippen molar-refractivity contribution >= 4 is 34.8 Å². The van der Waals surface area contributed by atoms with Crippen LogP contribution >= 0.6 is 22.6 Å². The molecule has 0 spiro atoms. The van der Waals surface area contributed by atoms with Crippen LogP contribution in [0, 0.1) is 3.57 Å². The van der Waals surface area contributed by atoms with E-state index < -0.39 is 6.03 Å². The molecule has 2 amide bonds. The minimum absolute atomic E-state index is 0.0723. The number of nitrogens with two attached hydrogens (primary N) is 1. The molecule has 0 aliphatic carbocycles. The molecule has 16 heavy (non-hydrogen) atoms. The zero-order chi connectivity index (χ0) is 12.1. The normalized spacial score (nSPS) is 10.4. The van der Waals surface area contributed by atoms with E-state index in [1.54, 1.807) is 12.1 Å². The lowest BCUT2D eigenvalue weighted by Gasteiger charge is -2.06. The number of halogens is 1. The number of aromatic hydroxyl groups is 1. The van der Waals surface area contributed by atoms with Crippen LogP contribution in [0.3, 0.4) is 0 Å². The average molecular weight is 335 g/mol. The molecule has 0 atom stereocenters. The van der Waals surface area contributed by atoms with Crippen LogP contribution in [-0.4, -0.2) is 24.5 Å². The molecule has 0 saturated carbocycles. The van der Waals surface area contributed by atoms with Crippen molar-refractivity contribution in [2.24, 2.45) is 10.8 Å². The Labute approximate surface area is 106 Å². The van der Waals surface area contributed by atoms with Crippen LogP contribution in [0.5, 0.6) is 11.5 Å². The van der Waals surface area contributed by atoms with E-state index in [1.165, 1.54) is 13.3 Å². The van der Waals surface area contributed by atoms with Crippen LogP contribution < -0.4 is 15.9 Å². The molecular weight excluding hydrogens is 325 g/mol. The van der Waals surface area contributed by atoms with Gasteiger partial charge in [0.1, 0.15) is 0 Å². The summed E-state index contributed by atoms with van der Waals surface area (Å²) < 4.78 is 5.59. The number of carbonyl (C=O) groups excluding carboxylic acids is 1. The fourth-order valence-corrected chi connectivity index (χ4v) is 1.62. The molecule has 0 aliphatic heterocycles. The van der Waals surface area contributed by atoms with Gasteiger partial charge in [-0.15, -0.1) is 0 Å². The van der Waals surface area contributed by atoms with Gasteiger partial charge in [-0.25, -0.2) is 10.2 Å². The van der Waals surface area contributed by atoms with Gasteiger partial charge in [-0.2, -0.15) is 5.10 Å². The molecule has 1 aromatic carbocycles. The molecule has 86 valence electrons. The average Bonchev–Trinajstić information content (AvgIpc) is 2.22. The van der Waals surface area contributed by atoms with Gasteiger partial charge in [-0.05, 0) is 40.3 Å². The second-order valence-electron chi connectivity index (χ2n) is 2.79. The van der Waals surface area contributed by atoms with E-state index in [0.717, 1.165) is 0 Å². The minimum Gasteiger partial charge on any atom is -0.504 e. The molecule has 0 bridgehead atoms. The molecule has 0 heterocycles. The second kappa shape index (κ2) is 5.54. The third kappa shape index (κ3) is 3.26. The molecule has 0 unspecified atom stereocenters. The third-order valence-corrected chi connectivity index (χ3v) is 2.48. The first-order valence-electron chi connectivity index (χ1n) is 4.19. The van der Waals surface area contributed by atoms with Gasteiger partial charge in [0.2, 0.25) is 0 Å². The Kier molecular flexibility index (Phi) is 4.35. The summed E-state index contributed by atoms with van der Waals surface area (Å²) in [6.45, 7) is 0. The highest BCUT2D eigenvalue weighted by Crippen LogP contribution is 2.31. The Morgan fingerprint density at radius 2 is 2.38 bits per heavy atom. The van der Waals surface area contributed by atoms with Gasteiger partial charge < -0.3 is 15.6 Å². The Bertz CT molecular complexity index is 434. The zero-order valence-corrected chi connectivity index (χ0v) is 10.6. The number of hydrogen-bond donors (Lipinski definition) is 3. The minimum atomic E-state index is -0.739. The van der Waals surface area contributed by atoms with Crippen molar-refractivity contribution in [1.82, 2.24) is 5.43 Å². The summed E-state index contributed by atoms with van der Waals surface area (Å²) in [6.07, 6.45) is 1.40. The maximum atomic E-state index is 10.4. The van der Waals surface area contributed by atoms with Crippen LogP contribution in [0.2, 0.25) is 0 Å². The molecule has 4 N–H and O–H groups in total. The molecule has 0 aromatic heterocycles. The number of nitrogens with zero attached hydrogens (tertiary/aromatic N) is 1. The van der Waals surface area contributed by atoms with Crippen LogP contribution in [0.15, 0.2) is 17.2 Å². The number of ether oxygens (including phenoxy) is 1. The SMILES string of the molecule is COc1cc(/C=N/NC(N)=O)cc(I)c1O. The number of rotatable bonds is 3. The Morgan fingerprint density at radius 1 is 1.69 bits per heavy atom. The monoisotopic (exact) mass is 335 g/mol. The van der Waals surface area contributed by atoms with E-state index in [2.05, 4.69) is 10.5 Å². The van der Waals surface area contributed by atoms with E-state index in [0.29, 0.717) is 14.9 Å². The maximum Gasteiger partial charge on any atom is 0.332 e. The number of amides is 2. The molecule has 0 aliphatic rings. The predicted octanol–water partition coefficient (Wildman–Crippen LogP) is 1.01. The summed E-state index contributed by atoms with van der Waals surface area (Å²) in [5.41, 5.74) is 7.58. The van der Waals surface area contributed by atoms with Crippen molar-refractivity contribution in [1.29, 1.82) is 0 Å². The topological polar surface area (TPSA) is 96.9 Å². The Balaban J connectivity index is 2.93. The molecule has 0 fully saturated rings. The lowest BCUT2D eigenvalue weighted by Crippen LogP contribution is -2.24. The zero-order valence-electron chi connectivity index (χ0n) is 8.40. The highest BCUT2D eigenvalue weighted by atomic mass is 127. The van der Waals surface area contributed by atoms with Gasteiger partial charge in [0.25, 0.3) is 0 Å². The summed E-state index contributed by atoms with van der Waals surface area (Å²) in [6, 6.07) is 2.53. The third-order valence-electron chi connectivity index (χ3n) is 1.66. The van der Waals surface area contributed by atoms with Crippen molar-refractivity contribution in [2.75, 3.05) is 7.11 Å². The largest absolute Gasteiger partial charge is 0.504 e. The number of nitrogens with one attached hydrogen (secondary N) is 1. The fourth-order valence-electron chi connectivity index (χ4n) is 0.994. The summed E-state index contributed by atoms with van der Waals surface area (Å²) in [4.78, 5) is 10.4. The Hall–Kier alpha value is -1.51. The standard InChI is InChI=1S/C9H10IN3O3/c1-16-7-3-5(2-6(10)8(7)14)4-12-13-9(11)15/h2-4,14H,1H3,(H3,11,13,15)/b12-4+. The molecule has 0 radical (unpaired) electrons. The van der Waals surface area contributed by atoms with E-state index in [-0.39, 0.29) is 5.75 Å². The quantitative estimate of drug-likeness (QED) is 0.437. The van der Waals surface area contributed by atoms with Gasteiger partial charge in [0, 0.05) is 0 Å². The predicted molar refractivity (Wildman–Crippen MR) is 67.7 cm³/mol. The first-order chi connectivity index (χ1) is 7.54. The molecule has 7 heteroatoms. The number of phenolic OH excluding ortho intramolecular Hbond substituents is 1. The van der Waals surface area contributed by atoms with E-state index in [1.807, 2.05) is 22.6 Å². The molecule has 0 saturated heterocycles. The van der Waals surface area contributed by atoms with Crippen molar-refractivity contribution < 1.29 is 14.6 Å². The molecule has 6 nitrogen and oxygen atoms in total. The maximum absolute atomic E-state index is 10.4. The van der Waals surface area contributed by atoms with Gasteiger partial charge in [-0.1, -0.05) is 0 Å². The van der Waals surface area contributed by atoms with Crippen LogP contribution in [-0.2, 0) is 0 Å². The number of benzene rings is 1. The van der Waals surface area contributed by atoms with Gasteiger partial charge >= 0.3 is 6.03 Å². The summed E-state index contributed by atoms with van der Waals surface area (Å²) in [5, 5.41) is 13.2. The van der Waals surface area contributed by atoms with Gasteiger partial charge in [0.15, 0.2) is 11.5 Å². The van der Waals surface area contributed by atoms with Crippen LogP contribution in [0.25, 0.3) is 0 Å². The highest BCUT2D eigenvalue weighted by molar-refractivity contribution is 14.1. The van der Waals surface area contributed by atoms with Crippen molar-refractivity contribution in [2.45, 2.75) is 0 Å². The Morgan fingerprint density at radius 3 is 2.94 bits per heavy atom. The van der Waals surface area contributed by atoms with Crippen LogP contribution in [0.4, 0.5) is 4.79 Å². The molecule has 1 aromatic rings. The van der Waals surface area contributed by atoms with Crippen molar-refractivity contribution in [3.8, 4) is 11.5 Å². The van der Waals surface area contributed by atoms with Crippen molar-refractivity contribution in [3.63, 3.8) is 0 Å². The van der Waals surface area contributed by atoms with E-state index in [4.69, 9.17) is 10.5 Å². The highest BCUT2D eigenvalue weighted by Gasteiger charge is 2.07. The summed E-state index contributed by atoms with van der Waals surface area (Å²) in [7, 11) is 1.45. The van der Waals surface area contributed by atoms with Gasteiger partial charge in [0.05, 0.1) is 16.9 Å². The van der Waals surface area contributed by atoms with E-state index in [9.17, 15) is 9.90 Å². The molecular formula is C9H10IN3O3. The number of hydrogen-bond acceptors (Lipinski definition) is 4. The number of methoxy groups -OCH3 is 1. The first-order valence-corrected chi connectivity index (χ1v) is 5.27. The molecule has 1 rings (SSSR count). The fraction of sp³-hybridized carbons (Fsp3) is 0.111. The van der Waals surface area contributed by atoms with Crippen molar-refractivity contribution in [3.05, 3.63) is 21.3 Å². The first kappa shape index (κ1) is 12.6.